The monoisotopic (exact) mass is 402 g/mol. The second kappa shape index (κ2) is 6.99. The topological polar surface area (TPSA) is 52.9 Å². The van der Waals surface area contributed by atoms with Gasteiger partial charge < -0.3 is 5.11 Å². The van der Waals surface area contributed by atoms with Crippen LogP contribution in [0.4, 0.5) is 13.2 Å². The highest BCUT2D eigenvalue weighted by molar-refractivity contribution is 6.00. The van der Waals surface area contributed by atoms with Crippen molar-refractivity contribution < 1.29 is 23.1 Å². The first-order chi connectivity index (χ1) is 13.7. The third-order valence-electron chi connectivity index (χ3n) is 5.86. The van der Waals surface area contributed by atoms with Gasteiger partial charge in [-0.1, -0.05) is 55.8 Å². The van der Waals surface area contributed by atoms with Gasteiger partial charge in [0.25, 0.3) is 11.6 Å². The molecule has 0 aromatic heterocycles. The Morgan fingerprint density at radius 2 is 1.69 bits per heavy atom. The highest BCUT2D eigenvalue weighted by Crippen LogP contribution is 2.49. The number of nitrogens with zero attached hydrogens (tertiary/aromatic N) is 2. The van der Waals surface area contributed by atoms with Crippen molar-refractivity contribution >= 4 is 11.6 Å². The Labute approximate surface area is 166 Å². The third kappa shape index (κ3) is 3.13. The van der Waals surface area contributed by atoms with Crippen molar-refractivity contribution in [3.63, 3.8) is 0 Å². The van der Waals surface area contributed by atoms with Gasteiger partial charge in [-0.05, 0) is 42.0 Å². The van der Waals surface area contributed by atoms with Gasteiger partial charge in [0.1, 0.15) is 0 Å². The zero-order valence-electron chi connectivity index (χ0n) is 15.9. The van der Waals surface area contributed by atoms with Gasteiger partial charge in [0.15, 0.2) is 0 Å². The molecule has 0 spiro atoms. The summed E-state index contributed by atoms with van der Waals surface area (Å²) in [6, 6.07) is 15.7. The van der Waals surface area contributed by atoms with E-state index in [0.29, 0.717) is 12.8 Å². The zero-order valence-corrected chi connectivity index (χ0v) is 15.9. The number of carbonyl (C=O) groups excluding carboxylic acids is 1. The first-order valence-electron chi connectivity index (χ1n) is 9.61. The van der Waals surface area contributed by atoms with Crippen molar-refractivity contribution in [1.82, 2.24) is 5.01 Å². The van der Waals surface area contributed by atoms with Crippen LogP contribution in [0.3, 0.4) is 0 Å². The number of carbonyl (C=O) groups is 1. The molecular weight excluding hydrogens is 381 g/mol. The summed E-state index contributed by atoms with van der Waals surface area (Å²) in [5, 5.41) is 15.0. The van der Waals surface area contributed by atoms with E-state index in [1.165, 1.54) is 12.1 Å². The van der Waals surface area contributed by atoms with Gasteiger partial charge >= 0.3 is 6.18 Å². The molecule has 1 N–H and O–H groups in total. The molecule has 0 unspecified atom stereocenters. The van der Waals surface area contributed by atoms with Crippen LogP contribution in [0, 0.1) is 11.8 Å². The van der Waals surface area contributed by atoms with Crippen molar-refractivity contribution in [3.05, 3.63) is 60.2 Å². The van der Waals surface area contributed by atoms with E-state index in [9.17, 15) is 23.1 Å². The fraction of sp³-hybridized carbons (Fsp3) is 0.364. The zero-order chi connectivity index (χ0) is 20.8. The summed E-state index contributed by atoms with van der Waals surface area (Å²) in [7, 11) is 0. The van der Waals surface area contributed by atoms with Crippen molar-refractivity contribution in [2.24, 2.45) is 16.9 Å². The molecule has 4 rings (SSSR count). The number of halogens is 3. The smallest absolute Gasteiger partial charge is 0.362 e. The Balaban J connectivity index is 1.69. The Hall–Kier alpha value is -2.67. The van der Waals surface area contributed by atoms with Gasteiger partial charge in [0, 0.05) is 11.3 Å². The second-order valence-electron chi connectivity index (χ2n) is 7.69. The van der Waals surface area contributed by atoms with Crippen LogP contribution in [-0.2, 0) is 0 Å². The first-order valence-corrected chi connectivity index (χ1v) is 9.61. The second-order valence-corrected chi connectivity index (χ2v) is 7.69. The van der Waals surface area contributed by atoms with Crippen molar-refractivity contribution in [2.45, 2.75) is 38.1 Å². The Morgan fingerprint density at radius 1 is 1.07 bits per heavy atom. The molecule has 2 aliphatic rings. The van der Waals surface area contributed by atoms with Gasteiger partial charge in [0.2, 0.25) is 0 Å². The molecule has 1 amide bonds. The first kappa shape index (κ1) is 19.6. The highest BCUT2D eigenvalue weighted by atomic mass is 19.4. The molecule has 29 heavy (non-hydrogen) atoms. The number of aliphatic hydroxyl groups is 1. The molecule has 0 saturated heterocycles. The predicted molar refractivity (Wildman–Crippen MR) is 103 cm³/mol. The number of amides is 1. The molecule has 2 aromatic carbocycles. The number of rotatable bonds is 2. The van der Waals surface area contributed by atoms with E-state index in [2.05, 4.69) is 5.10 Å². The average Bonchev–Trinajstić information content (AvgIpc) is 3.04. The summed E-state index contributed by atoms with van der Waals surface area (Å²) in [4.78, 5) is 13.0. The van der Waals surface area contributed by atoms with Crippen molar-refractivity contribution in [3.8, 4) is 11.1 Å². The van der Waals surface area contributed by atoms with Gasteiger partial charge in [0.05, 0.1) is 5.92 Å². The van der Waals surface area contributed by atoms with Gasteiger partial charge in [-0.2, -0.15) is 23.3 Å². The Bertz CT molecular complexity index is 941. The van der Waals surface area contributed by atoms with Gasteiger partial charge in [-0.25, -0.2) is 0 Å². The van der Waals surface area contributed by atoms with Crippen LogP contribution in [0.25, 0.3) is 11.1 Å². The van der Waals surface area contributed by atoms with Gasteiger partial charge in [-0.3, -0.25) is 4.79 Å². The minimum atomic E-state index is -5.01. The lowest BCUT2D eigenvalue weighted by atomic mass is 9.75. The Kier molecular flexibility index (Phi) is 4.73. The number of hydrogen-bond acceptors (Lipinski definition) is 3. The number of hydrogen-bond donors (Lipinski definition) is 1. The van der Waals surface area contributed by atoms with Gasteiger partial charge in [-0.15, -0.1) is 0 Å². The minimum Gasteiger partial charge on any atom is -0.362 e. The van der Waals surface area contributed by atoms with E-state index < -0.39 is 23.7 Å². The molecule has 1 saturated carbocycles. The van der Waals surface area contributed by atoms with Crippen LogP contribution < -0.4 is 0 Å². The van der Waals surface area contributed by atoms with Crippen molar-refractivity contribution in [2.75, 3.05) is 0 Å². The Morgan fingerprint density at radius 3 is 2.31 bits per heavy atom. The average molecular weight is 402 g/mol. The van der Waals surface area contributed by atoms with Crippen molar-refractivity contribution in [1.29, 1.82) is 0 Å². The molecular formula is C22H21F3N2O2. The standard InChI is InChI=1S/C22H21F3N2O2/c1-14-6-5-9-18-19(14)26-27(21(18,29)22(23,24)25)20(28)17-12-10-16(11-13-17)15-7-3-2-4-8-15/h2-4,7-8,10-14,18,29H,5-6,9H2,1H3/t14-,18+,21-/m1/s1. The largest absolute Gasteiger partial charge is 0.439 e. The lowest BCUT2D eigenvalue weighted by Crippen LogP contribution is -2.61. The molecule has 2 aromatic rings. The molecule has 1 aliphatic carbocycles. The van der Waals surface area contributed by atoms with Crippen LogP contribution in [0.2, 0.25) is 0 Å². The number of hydrazone groups is 1. The SMILES string of the molecule is C[C@@H]1CCC[C@H]2C1=NN(C(=O)c1ccc(-c3ccccc3)cc1)[C@]2(O)C(F)(F)F. The number of alkyl halides is 3. The molecule has 4 nitrogen and oxygen atoms in total. The quantitative estimate of drug-likeness (QED) is 0.781. The number of benzene rings is 2. The number of fused-ring (bicyclic) bond motifs is 1. The fourth-order valence-corrected chi connectivity index (χ4v) is 4.26. The fourth-order valence-electron chi connectivity index (χ4n) is 4.26. The molecule has 0 radical (unpaired) electrons. The molecule has 3 atom stereocenters. The van der Waals surface area contributed by atoms with E-state index >= 15 is 0 Å². The van der Waals surface area contributed by atoms with E-state index in [-0.39, 0.29) is 28.6 Å². The summed E-state index contributed by atoms with van der Waals surface area (Å²) in [6.45, 7) is 1.78. The van der Waals surface area contributed by atoms with Crippen LogP contribution in [0.1, 0.15) is 36.5 Å². The minimum absolute atomic E-state index is 0.0445. The molecule has 0 bridgehead atoms. The van der Waals surface area contributed by atoms with E-state index in [4.69, 9.17) is 0 Å². The maximum absolute atomic E-state index is 13.9. The van der Waals surface area contributed by atoms with E-state index in [1.54, 1.807) is 19.1 Å². The van der Waals surface area contributed by atoms with Crippen LogP contribution in [0.5, 0.6) is 0 Å². The molecule has 1 aliphatic heterocycles. The van der Waals surface area contributed by atoms with Crippen LogP contribution in [0.15, 0.2) is 59.7 Å². The highest BCUT2D eigenvalue weighted by Gasteiger charge is 2.69. The molecule has 1 heterocycles. The van der Waals surface area contributed by atoms with E-state index in [1.807, 2.05) is 30.3 Å². The maximum Gasteiger partial charge on any atom is 0.439 e. The molecule has 152 valence electrons. The summed E-state index contributed by atoms with van der Waals surface area (Å²) < 4.78 is 41.8. The molecule has 7 heteroatoms. The predicted octanol–water partition coefficient (Wildman–Crippen LogP) is 4.85. The lowest BCUT2D eigenvalue weighted by molar-refractivity contribution is -0.312. The summed E-state index contributed by atoms with van der Waals surface area (Å²) in [6.07, 6.45) is -3.62. The van der Waals surface area contributed by atoms with Crippen LogP contribution in [-0.4, -0.2) is 33.6 Å². The summed E-state index contributed by atoms with van der Waals surface area (Å²) >= 11 is 0. The van der Waals surface area contributed by atoms with E-state index in [0.717, 1.165) is 11.1 Å². The summed E-state index contributed by atoms with van der Waals surface area (Å²) in [5.74, 6) is -2.39. The normalized spacial score (nSPS) is 26.8. The summed E-state index contributed by atoms with van der Waals surface area (Å²) in [5.41, 5.74) is -1.25. The van der Waals surface area contributed by atoms with Crippen LogP contribution >= 0.6 is 0 Å². The molecule has 1 fully saturated rings. The third-order valence-corrected chi connectivity index (χ3v) is 5.86. The lowest BCUT2D eigenvalue weighted by Gasteiger charge is -2.39. The maximum atomic E-state index is 13.9.